The summed E-state index contributed by atoms with van der Waals surface area (Å²) in [4.78, 5) is 39.8. The van der Waals surface area contributed by atoms with Crippen molar-refractivity contribution in [1.82, 2.24) is 0 Å². The third-order valence-electron chi connectivity index (χ3n) is 1.70. The van der Waals surface area contributed by atoms with E-state index in [1.165, 1.54) is 7.05 Å². The van der Waals surface area contributed by atoms with Crippen LogP contribution in [0.5, 0.6) is 0 Å². The van der Waals surface area contributed by atoms with E-state index < -0.39 is 24.7 Å². The van der Waals surface area contributed by atoms with E-state index in [2.05, 4.69) is 0 Å². The molecular formula is C6H9N2O5P. The second kappa shape index (κ2) is 3.20. The van der Waals surface area contributed by atoms with Crippen molar-refractivity contribution in [2.75, 3.05) is 24.0 Å². The second-order valence-electron chi connectivity index (χ2n) is 2.92. The van der Waals surface area contributed by atoms with E-state index in [4.69, 9.17) is 15.5 Å². The zero-order chi connectivity index (χ0) is 11.1. The van der Waals surface area contributed by atoms with Crippen LogP contribution in [0.4, 0.5) is 11.4 Å². The second-order valence-corrected chi connectivity index (χ2v) is 4.54. The summed E-state index contributed by atoms with van der Waals surface area (Å²) in [5, 5.41) is 0. The fourth-order valence-corrected chi connectivity index (χ4v) is 1.82. The molecular weight excluding hydrogens is 211 g/mol. The van der Waals surface area contributed by atoms with Gasteiger partial charge in [-0.2, -0.15) is 0 Å². The van der Waals surface area contributed by atoms with Crippen LogP contribution in [-0.2, 0) is 4.57 Å². The predicted octanol–water partition coefficient (Wildman–Crippen LogP) is -1.56. The van der Waals surface area contributed by atoms with Gasteiger partial charge in [-0.25, -0.2) is 0 Å². The van der Waals surface area contributed by atoms with Gasteiger partial charge in [0.25, 0.3) is 10.9 Å². The van der Waals surface area contributed by atoms with Crippen LogP contribution in [0.15, 0.2) is 9.59 Å². The number of nitrogen functional groups attached to an aromatic ring is 1. The minimum atomic E-state index is -4.26. The molecule has 4 N–H and O–H groups in total. The molecule has 0 radical (unpaired) electrons. The molecule has 0 aliphatic rings. The number of nitrogens with zero attached hydrogens (tertiary/aromatic N) is 1. The summed E-state index contributed by atoms with van der Waals surface area (Å²) in [5.74, 6) is 0. The molecule has 0 aliphatic heterocycles. The lowest BCUT2D eigenvalue weighted by Crippen LogP contribution is -2.41. The maximum atomic E-state index is 10.9. The van der Waals surface area contributed by atoms with E-state index in [1.54, 1.807) is 0 Å². The van der Waals surface area contributed by atoms with E-state index in [0.29, 0.717) is 0 Å². The van der Waals surface area contributed by atoms with Crippen LogP contribution in [0.2, 0.25) is 0 Å². The number of nitrogens with two attached hydrogens (primary N) is 1. The molecule has 0 saturated heterocycles. The molecule has 0 fully saturated rings. The van der Waals surface area contributed by atoms with E-state index in [1.807, 2.05) is 0 Å². The first kappa shape index (κ1) is 10.9. The average Bonchev–Trinajstić information content (AvgIpc) is 2.00. The van der Waals surface area contributed by atoms with Crippen molar-refractivity contribution in [2.45, 2.75) is 0 Å². The highest BCUT2D eigenvalue weighted by Gasteiger charge is 2.25. The first-order valence-electron chi connectivity index (χ1n) is 3.58. The van der Waals surface area contributed by atoms with Crippen molar-refractivity contribution >= 4 is 19.0 Å². The molecule has 0 heterocycles. The Hall–Kier alpha value is -1.17. The van der Waals surface area contributed by atoms with Crippen LogP contribution in [0.1, 0.15) is 0 Å². The molecule has 1 aromatic rings. The zero-order valence-corrected chi connectivity index (χ0v) is 8.19. The first-order chi connectivity index (χ1) is 6.24. The van der Waals surface area contributed by atoms with Crippen LogP contribution in [0.3, 0.4) is 0 Å². The monoisotopic (exact) mass is 220 g/mol. The van der Waals surface area contributed by atoms with Gasteiger partial charge in [-0.05, 0) is 0 Å². The zero-order valence-electron chi connectivity index (χ0n) is 7.30. The fraction of sp³-hybridized carbons (Fsp3) is 0.333. The molecule has 0 bridgehead atoms. The lowest BCUT2D eigenvalue weighted by Gasteiger charge is -2.21. The lowest BCUT2D eigenvalue weighted by molar-refractivity contribution is 0.373. The Labute approximate surface area is 78.6 Å². The van der Waals surface area contributed by atoms with E-state index in [9.17, 15) is 14.2 Å². The van der Waals surface area contributed by atoms with Crippen LogP contribution < -0.4 is 21.5 Å². The first-order valence-corrected chi connectivity index (χ1v) is 5.38. The van der Waals surface area contributed by atoms with E-state index in [-0.39, 0.29) is 11.4 Å². The van der Waals surface area contributed by atoms with Gasteiger partial charge in [-0.1, -0.05) is 0 Å². The SMILES string of the molecule is CN(CP(=O)(O)O)c1c(N)c(=O)c1=O. The Morgan fingerprint density at radius 1 is 1.36 bits per heavy atom. The fourth-order valence-electron chi connectivity index (χ4n) is 1.12. The molecule has 0 atom stereocenters. The van der Waals surface area contributed by atoms with E-state index in [0.717, 1.165) is 4.90 Å². The Balaban J connectivity index is 2.93. The van der Waals surface area contributed by atoms with Crippen molar-refractivity contribution in [1.29, 1.82) is 0 Å². The van der Waals surface area contributed by atoms with Crippen molar-refractivity contribution < 1.29 is 14.4 Å². The molecule has 0 saturated carbocycles. The quantitative estimate of drug-likeness (QED) is 0.415. The molecule has 1 aromatic carbocycles. The normalized spacial score (nSPS) is 11.9. The van der Waals surface area contributed by atoms with Gasteiger partial charge in [0.05, 0.1) is 0 Å². The third kappa shape index (κ3) is 1.84. The van der Waals surface area contributed by atoms with Crippen molar-refractivity contribution in [3.63, 3.8) is 0 Å². The largest absolute Gasteiger partial charge is 0.394 e. The Kier molecular flexibility index (Phi) is 2.49. The number of hydrogen-bond acceptors (Lipinski definition) is 5. The van der Waals surface area contributed by atoms with Gasteiger partial charge in [0, 0.05) is 7.05 Å². The van der Waals surface area contributed by atoms with Gasteiger partial charge >= 0.3 is 7.60 Å². The van der Waals surface area contributed by atoms with Crippen LogP contribution in [0.25, 0.3) is 0 Å². The van der Waals surface area contributed by atoms with Gasteiger partial charge in [0.1, 0.15) is 17.7 Å². The Morgan fingerprint density at radius 3 is 2.21 bits per heavy atom. The van der Waals surface area contributed by atoms with Crippen LogP contribution in [-0.4, -0.2) is 23.1 Å². The molecule has 7 nitrogen and oxygen atoms in total. The summed E-state index contributed by atoms with van der Waals surface area (Å²) >= 11 is 0. The minimum Gasteiger partial charge on any atom is -0.394 e. The summed E-state index contributed by atoms with van der Waals surface area (Å²) in [6, 6.07) is 0. The molecule has 8 heteroatoms. The van der Waals surface area contributed by atoms with Gasteiger partial charge in [-0.15, -0.1) is 0 Å². The van der Waals surface area contributed by atoms with Gasteiger partial charge in [0.15, 0.2) is 0 Å². The van der Waals surface area contributed by atoms with Crippen molar-refractivity contribution in [3.05, 3.63) is 20.4 Å². The van der Waals surface area contributed by atoms with Gasteiger partial charge in [0.2, 0.25) is 0 Å². The van der Waals surface area contributed by atoms with Crippen molar-refractivity contribution in [3.8, 4) is 0 Å². The summed E-state index contributed by atoms with van der Waals surface area (Å²) in [5.41, 5.74) is 3.21. The van der Waals surface area contributed by atoms with Crippen LogP contribution >= 0.6 is 7.60 Å². The molecule has 78 valence electrons. The number of rotatable bonds is 3. The molecule has 0 amide bonds. The standard InChI is InChI=1S/C6H9N2O5P/c1-8(2-14(11,12)13)4-3(7)5(9)6(4)10/h2,7H2,1H3,(H2,11,12,13). The molecule has 0 spiro atoms. The summed E-state index contributed by atoms with van der Waals surface area (Å²) < 4.78 is 10.6. The summed E-state index contributed by atoms with van der Waals surface area (Å²) in [6.45, 7) is 0. The smallest absolute Gasteiger partial charge is 0.344 e. The Morgan fingerprint density at radius 2 is 1.86 bits per heavy atom. The maximum absolute atomic E-state index is 10.9. The van der Waals surface area contributed by atoms with Crippen LogP contribution in [0, 0.1) is 0 Å². The number of hydrogen-bond donors (Lipinski definition) is 3. The highest BCUT2D eigenvalue weighted by Crippen LogP contribution is 2.36. The van der Waals surface area contributed by atoms with Gasteiger partial charge < -0.3 is 20.4 Å². The predicted molar refractivity (Wildman–Crippen MR) is 51.1 cm³/mol. The topological polar surface area (TPSA) is 121 Å². The lowest BCUT2D eigenvalue weighted by atomic mass is 10.2. The highest BCUT2D eigenvalue weighted by molar-refractivity contribution is 7.51. The summed E-state index contributed by atoms with van der Waals surface area (Å²) in [6.07, 6.45) is -0.637. The molecule has 1 rings (SSSR count). The maximum Gasteiger partial charge on any atom is 0.344 e. The molecule has 0 aromatic heterocycles. The molecule has 0 unspecified atom stereocenters. The minimum absolute atomic E-state index is 0.127. The highest BCUT2D eigenvalue weighted by atomic mass is 31.2. The Bertz CT molecular complexity index is 469. The average molecular weight is 220 g/mol. The van der Waals surface area contributed by atoms with Gasteiger partial charge in [-0.3, -0.25) is 14.2 Å². The summed E-state index contributed by atoms with van der Waals surface area (Å²) in [7, 11) is -2.97. The third-order valence-corrected chi connectivity index (χ3v) is 2.49. The molecule has 0 aliphatic carbocycles. The van der Waals surface area contributed by atoms with Crippen molar-refractivity contribution in [2.24, 2.45) is 0 Å². The number of anilines is 2. The van der Waals surface area contributed by atoms with E-state index >= 15 is 0 Å². The molecule has 14 heavy (non-hydrogen) atoms.